The molecular formula is C56H74N10O5. The molecule has 15 heteroatoms. The first kappa shape index (κ1) is 50.8. The van der Waals surface area contributed by atoms with Crippen molar-refractivity contribution in [3.05, 3.63) is 102 Å². The van der Waals surface area contributed by atoms with E-state index in [-0.39, 0.29) is 12.1 Å². The Morgan fingerprint density at radius 2 is 1.15 bits per heavy atom. The van der Waals surface area contributed by atoms with Gasteiger partial charge < -0.3 is 54.7 Å². The predicted octanol–water partition coefficient (Wildman–Crippen LogP) is 10.0. The fraction of sp³-hybridized carbons (Fsp3) is 0.464. The van der Waals surface area contributed by atoms with Crippen molar-refractivity contribution in [1.29, 1.82) is 0 Å². The van der Waals surface area contributed by atoms with E-state index < -0.39 is 0 Å². The summed E-state index contributed by atoms with van der Waals surface area (Å²) in [6.45, 7) is 18.8. The number of urea groups is 2. The summed E-state index contributed by atoms with van der Waals surface area (Å²) in [5.41, 5.74) is 9.46. The van der Waals surface area contributed by atoms with E-state index in [9.17, 15) is 9.59 Å². The third kappa shape index (κ3) is 13.0. The van der Waals surface area contributed by atoms with Gasteiger partial charge in [-0.05, 0) is 138 Å². The van der Waals surface area contributed by atoms with Crippen molar-refractivity contribution in [2.75, 3.05) is 131 Å². The molecule has 2 aromatic heterocycles. The molecule has 4 amide bonds. The maximum absolute atomic E-state index is 13.0. The van der Waals surface area contributed by atoms with Crippen molar-refractivity contribution in [1.82, 2.24) is 19.8 Å². The zero-order valence-electron chi connectivity index (χ0n) is 42.9. The van der Waals surface area contributed by atoms with Crippen LogP contribution in [0, 0.1) is 25.7 Å². The molecule has 4 aliphatic heterocycles. The number of hydrogen-bond acceptors (Lipinski definition) is 11. The lowest BCUT2D eigenvalue weighted by Crippen LogP contribution is -2.37. The highest BCUT2D eigenvalue weighted by Gasteiger charge is 2.27. The molecule has 3 N–H and O–H groups in total. The Morgan fingerprint density at radius 3 is 1.62 bits per heavy atom. The van der Waals surface area contributed by atoms with Crippen LogP contribution < -0.4 is 35.4 Å². The summed E-state index contributed by atoms with van der Waals surface area (Å²) in [5, 5.41) is 9.43. The van der Waals surface area contributed by atoms with Gasteiger partial charge >= 0.3 is 12.1 Å². The summed E-state index contributed by atoms with van der Waals surface area (Å²) in [6.07, 6.45) is 4.41. The van der Waals surface area contributed by atoms with Gasteiger partial charge in [0.15, 0.2) is 0 Å². The minimum Gasteiger partial charge on any atom is -0.497 e. The summed E-state index contributed by atoms with van der Waals surface area (Å²) in [6, 6.07) is 28.9. The first-order chi connectivity index (χ1) is 34.5. The summed E-state index contributed by atoms with van der Waals surface area (Å²) in [4.78, 5) is 46.2. The smallest absolute Gasteiger partial charge is 0.321 e. The fourth-order valence-corrected chi connectivity index (χ4v) is 9.77. The number of hydrogen-bond donors (Lipinski definition) is 3. The van der Waals surface area contributed by atoms with Gasteiger partial charge in [0.2, 0.25) is 0 Å². The number of methoxy groups -OCH3 is 1. The number of morpholine rings is 2. The Morgan fingerprint density at radius 1 is 0.662 bits per heavy atom. The molecular weight excluding hydrogens is 893 g/mol. The summed E-state index contributed by atoms with van der Waals surface area (Å²) < 4.78 is 16.4. The monoisotopic (exact) mass is 967 g/mol. The van der Waals surface area contributed by atoms with Crippen LogP contribution >= 0.6 is 0 Å². The van der Waals surface area contributed by atoms with Crippen LogP contribution in [0.2, 0.25) is 0 Å². The van der Waals surface area contributed by atoms with E-state index in [0.29, 0.717) is 31.6 Å². The molecule has 0 unspecified atom stereocenters. The van der Waals surface area contributed by atoms with Crippen molar-refractivity contribution < 1.29 is 23.8 Å². The lowest BCUT2D eigenvalue weighted by atomic mass is 10.00. The summed E-state index contributed by atoms with van der Waals surface area (Å²) >= 11 is 0. The molecule has 4 aliphatic rings. The topological polar surface area (TPSA) is 140 Å². The van der Waals surface area contributed by atoms with Gasteiger partial charge in [-0.15, -0.1) is 0 Å². The molecule has 71 heavy (non-hydrogen) atoms. The van der Waals surface area contributed by atoms with Crippen LogP contribution in [0.1, 0.15) is 56.2 Å². The Kier molecular flexibility index (Phi) is 17.2. The van der Waals surface area contributed by atoms with Gasteiger partial charge in [0, 0.05) is 84.4 Å². The first-order valence-corrected chi connectivity index (χ1v) is 25.6. The minimum atomic E-state index is -0.0191. The Labute approximate surface area is 420 Å². The summed E-state index contributed by atoms with van der Waals surface area (Å²) in [7, 11) is 5.64. The highest BCUT2D eigenvalue weighted by atomic mass is 16.5. The number of aromatic nitrogens is 2. The maximum Gasteiger partial charge on any atom is 0.321 e. The molecule has 0 radical (unpaired) electrons. The third-order valence-corrected chi connectivity index (χ3v) is 14.4. The second kappa shape index (κ2) is 24.0. The van der Waals surface area contributed by atoms with Gasteiger partial charge in [0.05, 0.1) is 33.5 Å². The number of carbonyl (C=O) groups excluding carboxylic acids is 2. The normalized spacial score (nSPS) is 17.9. The minimum absolute atomic E-state index is 0.00889. The van der Waals surface area contributed by atoms with Crippen LogP contribution in [0.15, 0.2) is 84.9 Å². The van der Waals surface area contributed by atoms with Gasteiger partial charge in [-0.1, -0.05) is 51.0 Å². The molecule has 6 heterocycles. The predicted molar refractivity (Wildman–Crippen MR) is 288 cm³/mol. The third-order valence-electron chi connectivity index (χ3n) is 14.4. The van der Waals surface area contributed by atoms with E-state index in [1.807, 2.05) is 41.1 Å². The molecule has 2 atom stereocenters. The van der Waals surface area contributed by atoms with Gasteiger partial charge in [-0.25, -0.2) is 19.6 Å². The molecule has 0 bridgehead atoms. The molecule has 3 aromatic carbocycles. The van der Waals surface area contributed by atoms with Crippen LogP contribution in [0.4, 0.5) is 44.2 Å². The molecule has 378 valence electrons. The van der Waals surface area contributed by atoms with E-state index in [4.69, 9.17) is 24.2 Å². The number of aryl methyl sites for hydroxylation is 2. The first-order valence-electron chi connectivity index (χ1n) is 25.6. The Balaban J connectivity index is 0.000000197. The molecule has 0 saturated carbocycles. The Hall–Kier alpha value is -6.58. The van der Waals surface area contributed by atoms with Crippen molar-refractivity contribution in [3.63, 3.8) is 0 Å². The van der Waals surface area contributed by atoms with Gasteiger partial charge in [-0.3, -0.25) is 0 Å². The van der Waals surface area contributed by atoms with Crippen molar-refractivity contribution >= 4 is 46.7 Å². The number of rotatable bonds is 13. The standard InChI is InChI=1S/C32H41N5O3.C24H33N5O2/c1-5-24-12-13-37(22-24)32(38)33-27-9-6-23(2)29(20-27)26-18-30(34-31(19-26)36-14-16-40-17-15-36)35(3)21-25-7-10-28(39-4)11-8-25;1-4-18-7-8-29(16-18)24(30)26-20-6-5-17(2)21(15-20)19-13-22(25-3)27-23(14-19)28-9-11-31-12-10-28/h6-11,18-20,24H,5,12-17,21-22H2,1-4H3,(H,33,38);5-6,13-15,18H,4,7-12,16H2,1-3H3,(H,25,27)(H,26,30)/t24-;18-/m11/s1. The number of anilines is 6. The van der Waals surface area contributed by atoms with Crippen molar-refractivity contribution in [2.45, 2.75) is 59.9 Å². The van der Waals surface area contributed by atoms with Crippen molar-refractivity contribution in [2.24, 2.45) is 11.8 Å². The number of nitrogens with zero attached hydrogens (tertiary/aromatic N) is 7. The number of ether oxygens (including phenoxy) is 3. The second-order valence-electron chi connectivity index (χ2n) is 19.3. The molecule has 15 nitrogen and oxygen atoms in total. The lowest BCUT2D eigenvalue weighted by molar-refractivity contribution is 0.122. The zero-order valence-corrected chi connectivity index (χ0v) is 42.9. The van der Waals surface area contributed by atoms with Crippen LogP contribution in [0.5, 0.6) is 5.75 Å². The second-order valence-corrected chi connectivity index (χ2v) is 19.3. The van der Waals surface area contributed by atoms with E-state index in [0.717, 1.165) is 165 Å². The lowest BCUT2D eigenvalue weighted by Gasteiger charge is -2.30. The fourth-order valence-electron chi connectivity index (χ4n) is 9.77. The number of benzene rings is 3. The van der Waals surface area contributed by atoms with E-state index in [1.54, 1.807) is 7.11 Å². The molecule has 0 spiro atoms. The average molecular weight is 967 g/mol. The molecule has 4 saturated heterocycles. The zero-order chi connectivity index (χ0) is 49.9. The van der Waals surface area contributed by atoms with E-state index >= 15 is 0 Å². The number of pyridine rings is 2. The highest BCUT2D eigenvalue weighted by molar-refractivity contribution is 5.92. The number of amides is 4. The summed E-state index contributed by atoms with van der Waals surface area (Å²) in [5.74, 6) is 5.67. The average Bonchev–Trinajstić information content (AvgIpc) is 4.12. The quantitative estimate of drug-likeness (QED) is 0.104. The van der Waals surface area contributed by atoms with Gasteiger partial charge in [0.1, 0.15) is 29.0 Å². The number of carbonyl (C=O) groups is 2. The highest BCUT2D eigenvalue weighted by Crippen LogP contribution is 2.35. The molecule has 5 aromatic rings. The van der Waals surface area contributed by atoms with Gasteiger partial charge in [0.25, 0.3) is 0 Å². The largest absolute Gasteiger partial charge is 0.497 e. The number of nitrogens with one attached hydrogen (secondary N) is 3. The van der Waals surface area contributed by atoms with Crippen LogP contribution in [0.3, 0.4) is 0 Å². The molecule has 9 rings (SSSR count). The van der Waals surface area contributed by atoms with Crippen molar-refractivity contribution in [3.8, 4) is 28.0 Å². The number of likely N-dealkylation sites (tertiary alicyclic amines) is 2. The van der Waals surface area contributed by atoms with E-state index in [1.165, 1.54) is 5.56 Å². The van der Waals surface area contributed by atoms with Crippen LogP contribution in [0.25, 0.3) is 22.3 Å². The Bertz CT molecular complexity index is 2580. The van der Waals surface area contributed by atoms with Gasteiger partial charge in [-0.2, -0.15) is 0 Å². The van der Waals surface area contributed by atoms with Crippen LogP contribution in [-0.4, -0.2) is 132 Å². The SMILES string of the molecule is CC[C@@H]1CCN(C(=O)Nc2ccc(C)c(-c3cc(N(C)Cc4ccc(OC)cc4)nc(N4CCOCC4)c3)c2)C1.CC[C@@H]1CCN(C(=O)Nc2ccc(C)c(-c3cc(NC)nc(N4CCOCC4)c3)c2)C1. The van der Waals surface area contributed by atoms with E-state index in [2.05, 4.69) is 126 Å². The van der Waals surface area contributed by atoms with Crippen LogP contribution in [-0.2, 0) is 16.0 Å². The molecule has 4 fully saturated rings. The molecule has 0 aliphatic carbocycles. The maximum atomic E-state index is 13.0.